The van der Waals surface area contributed by atoms with Crippen LogP contribution in [-0.4, -0.2) is 25.4 Å². The van der Waals surface area contributed by atoms with Crippen molar-refractivity contribution >= 4 is 14.1 Å². The number of hydrogen-bond donors (Lipinski definition) is 0. The van der Waals surface area contributed by atoms with Crippen molar-refractivity contribution in [1.82, 2.24) is 0 Å². The van der Waals surface area contributed by atoms with E-state index in [1.165, 1.54) is 32.1 Å². The second-order valence-corrected chi connectivity index (χ2v) is 6.41. The number of carbonyl (C=O) groups is 1. The summed E-state index contributed by atoms with van der Waals surface area (Å²) in [7, 11) is 3.52. The fourth-order valence-corrected chi connectivity index (χ4v) is 4.04. The van der Waals surface area contributed by atoms with Crippen LogP contribution in [-0.2, 0) is 0 Å². The van der Waals surface area contributed by atoms with E-state index in [0.717, 1.165) is 0 Å². The number of ether oxygens (including phenoxy) is 2. The molecule has 0 amide bonds. The molecule has 0 spiro atoms. The fraction of sp³-hybridized carbons (Fsp3) is 0.533. The van der Waals surface area contributed by atoms with Crippen LogP contribution in [0.25, 0.3) is 0 Å². The van der Waals surface area contributed by atoms with Gasteiger partial charge in [-0.15, -0.1) is 0 Å². The third kappa shape index (κ3) is 4.25. The predicted molar refractivity (Wildman–Crippen MR) is 80.2 cm³/mol. The molecule has 0 bridgehead atoms. The Kier molecular flexibility index (Phi) is 7.67. The van der Waals surface area contributed by atoms with E-state index in [1.807, 2.05) is 18.2 Å². The van der Waals surface area contributed by atoms with Crippen molar-refractivity contribution in [3.8, 4) is 11.5 Å². The number of benzene rings is 1. The molecule has 2 rings (SSSR count). The average molecular weight is 288 g/mol. The first-order valence-electron chi connectivity index (χ1n) is 6.78. The molecule has 0 saturated heterocycles. The van der Waals surface area contributed by atoms with E-state index in [2.05, 4.69) is 0 Å². The molecule has 1 unspecified atom stereocenters. The molecule has 0 radical (unpaired) electrons. The van der Waals surface area contributed by atoms with E-state index in [1.54, 1.807) is 14.2 Å². The molecule has 20 heavy (non-hydrogen) atoms. The van der Waals surface area contributed by atoms with Gasteiger partial charge in [0.15, 0.2) is 5.52 Å². The van der Waals surface area contributed by atoms with Gasteiger partial charge in [-0.1, -0.05) is 25.3 Å². The monoisotopic (exact) mass is 288 g/mol. The Hall–Kier alpha value is -0.483. The molecule has 1 aromatic rings. The van der Waals surface area contributed by atoms with Gasteiger partial charge in [-0.3, -0.25) is 4.79 Å². The molecule has 3 nitrogen and oxygen atoms in total. The topological polar surface area (TPSA) is 35.5 Å². The standard InChI is InChI=1S/C15H21O3P.Li.H/c1-17-12-9-6-10-13(18-2)14(12)15(16)19-11-7-4-3-5-8-11;;/h6,9-11,19H,3-5,7-8H2,1-2H3;;/q;+1;-1. The summed E-state index contributed by atoms with van der Waals surface area (Å²) in [4.78, 5) is 12.5. The Labute approximate surface area is 136 Å². The van der Waals surface area contributed by atoms with E-state index < -0.39 is 0 Å². The van der Waals surface area contributed by atoms with Gasteiger partial charge in [0.2, 0.25) is 0 Å². The molecule has 0 heterocycles. The first-order valence-corrected chi connectivity index (χ1v) is 7.86. The smallest absolute Gasteiger partial charge is 1.00 e. The van der Waals surface area contributed by atoms with E-state index in [-0.39, 0.29) is 25.8 Å². The van der Waals surface area contributed by atoms with Crippen LogP contribution in [0.2, 0.25) is 0 Å². The summed E-state index contributed by atoms with van der Waals surface area (Å²) in [5.74, 6) is 1.24. The van der Waals surface area contributed by atoms with Gasteiger partial charge in [0.25, 0.3) is 0 Å². The Balaban J connectivity index is 0.00000200. The zero-order chi connectivity index (χ0) is 13.7. The zero-order valence-electron chi connectivity index (χ0n) is 13.6. The molecule has 1 aliphatic carbocycles. The molecule has 0 aliphatic heterocycles. The summed E-state index contributed by atoms with van der Waals surface area (Å²) >= 11 is 0. The third-order valence-corrected chi connectivity index (χ3v) is 5.09. The van der Waals surface area contributed by atoms with E-state index in [9.17, 15) is 4.79 Å². The average Bonchev–Trinajstić information content (AvgIpc) is 2.47. The van der Waals surface area contributed by atoms with Crippen molar-refractivity contribution in [3.05, 3.63) is 23.8 Å². The Morgan fingerprint density at radius 3 is 2.20 bits per heavy atom. The summed E-state index contributed by atoms with van der Waals surface area (Å²) in [5.41, 5.74) is 1.33. The Morgan fingerprint density at radius 1 is 1.15 bits per heavy atom. The van der Waals surface area contributed by atoms with Gasteiger partial charge in [-0.25, -0.2) is 0 Å². The molecular formula is C15H22LiO3P. The SMILES string of the molecule is COc1cccc(OC)c1C(=O)PC1CCCCC1.[H-].[Li+]. The van der Waals surface area contributed by atoms with Crippen LogP contribution in [0.3, 0.4) is 0 Å². The van der Waals surface area contributed by atoms with Crippen molar-refractivity contribution in [1.29, 1.82) is 0 Å². The van der Waals surface area contributed by atoms with Gasteiger partial charge >= 0.3 is 18.9 Å². The van der Waals surface area contributed by atoms with Crippen molar-refractivity contribution in [3.63, 3.8) is 0 Å². The molecule has 1 saturated carbocycles. The first kappa shape index (κ1) is 17.6. The van der Waals surface area contributed by atoms with Crippen LogP contribution in [0.5, 0.6) is 11.5 Å². The van der Waals surface area contributed by atoms with Crippen LogP contribution in [0, 0.1) is 0 Å². The van der Waals surface area contributed by atoms with Crippen LogP contribution in [0.4, 0.5) is 0 Å². The van der Waals surface area contributed by atoms with Gasteiger partial charge in [-0.05, 0) is 39.2 Å². The molecule has 1 aliphatic rings. The van der Waals surface area contributed by atoms with E-state index >= 15 is 0 Å². The predicted octanol–water partition coefficient (Wildman–Crippen LogP) is 0.972. The molecule has 1 atom stereocenters. The number of rotatable bonds is 5. The summed E-state index contributed by atoms with van der Waals surface area (Å²) in [6, 6.07) is 5.49. The fourth-order valence-electron chi connectivity index (χ4n) is 2.58. The minimum atomic E-state index is 0. The van der Waals surface area contributed by atoms with E-state index in [0.29, 0.717) is 31.3 Å². The quantitative estimate of drug-likeness (QED) is 0.598. The van der Waals surface area contributed by atoms with Crippen LogP contribution in [0.1, 0.15) is 43.9 Å². The zero-order valence-corrected chi connectivity index (χ0v) is 13.6. The molecule has 106 valence electrons. The molecule has 1 fully saturated rings. The van der Waals surface area contributed by atoms with Crippen LogP contribution in [0.15, 0.2) is 18.2 Å². The number of methoxy groups -OCH3 is 2. The van der Waals surface area contributed by atoms with Crippen molar-refractivity contribution in [2.75, 3.05) is 14.2 Å². The first-order chi connectivity index (χ1) is 9.26. The minimum Gasteiger partial charge on any atom is -1.00 e. The van der Waals surface area contributed by atoms with Crippen LogP contribution >= 0.6 is 8.58 Å². The van der Waals surface area contributed by atoms with Gasteiger partial charge in [0, 0.05) is 0 Å². The largest absolute Gasteiger partial charge is 1.00 e. The van der Waals surface area contributed by atoms with Crippen LogP contribution < -0.4 is 28.3 Å². The minimum absolute atomic E-state index is 0. The molecule has 0 N–H and O–H groups in total. The Morgan fingerprint density at radius 2 is 1.70 bits per heavy atom. The maximum atomic E-state index is 12.5. The summed E-state index contributed by atoms with van der Waals surface area (Å²) in [5, 5.41) is 0. The van der Waals surface area contributed by atoms with Gasteiger partial charge < -0.3 is 10.9 Å². The summed E-state index contributed by atoms with van der Waals surface area (Å²) in [6.07, 6.45) is 6.19. The summed E-state index contributed by atoms with van der Waals surface area (Å²) < 4.78 is 10.6. The maximum Gasteiger partial charge on any atom is 1.00 e. The second kappa shape index (κ2) is 8.73. The molecule has 5 heteroatoms. The molecule has 0 aromatic heterocycles. The number of carbonyl (C=O) groups excluding carboxylic acids is 1. The normalized spacial score (nSPS) is 15.9. The van der Waals surface area contributed by atoms with Gasteiger partial charge in [0.05, 0.1) is 14.2 Å². The molecule has 1 aromatic carbocycles. The van der Waals surface area contributed by atoms with Gasteiger partial charge in [-0.2, -0.15) is 0 Å². The maximum absolute atomic E-state index is 12.5. The third-order valence-electron chi connectivity index (χ3n) is 3.60. The second-order valence-electron chi connectivity index (χ2n) is 4.85. The van der Waals surface area contributed by atoms with Crippen molar-refractivity contribution in [2.45, 2.75) is 37.8 Å². The van der Waals surface area contributed by atoms with Crippen molar-refractivity contribution < 1.29 is 34.6 Å². The Bertz CT molecular complexity index is 428. The number of hydrogen-bond acceptors (Lipinski definition) is 3. The van der Waals surface area contributed by atoms with Crippen molar-refractivity contribution in [2.24, 2.45) is 0 Å². The van der Waals surface area contributed by atoms with Gasteiger partial charge in [0.1, 0.15) is 17.1 Å². The summed E-state index contributed by atoms with van der Waals surface area (Å²) in [6.45, 7) is 0. The molecular weight excluding hydrogens is 266 g/mol. The van der Waals surface area contributed by atoms with E-state index in [4.69, 9.17) is 9.47 Å².